The van der Waals surface area contributed by atoms with Crippen LogP contribution in [-0.2, 0) is 0 Å². The van der Waals surface area contributed by atoms with Gasteiger partial charge in [0, 0.05) is 13.1 Å². The van der Waals surface area contributed by atoms with Crippen molar-refractivity contribution in [2.75, 3.05) is 27.3 Å². The molecule has 1 amide bonds. The van der Waals surface area contributed by atoms with Crippen LogP contribution in [0.25, 0.3) is 5.69 Å². The largest absolute Gasteiger partial charge is 0.497 e. The second-order valence-corrected chi connectivity index (χ2v) is 7.04. The molecule has 0 N–H and O–H groups in total. The van der Waals surface area contributed by atoms with Crippen molar-refractivity contribution in [1.82, 2.24) is 19.9 Å². The highest BCUT2D eigenvalue weighted by molar-refractivity contribution is 5.93. The molecule has 0 aliphatic carbocycles. The Hall–Kier alpha value is -3.35. The summed E-state index contributed by atoms with van der Waals surface area (Å²) in [5.74, 6) is 1.33. The number of hydrogen-bond acceptors (Lipinski definition) is 5. The second kappa shape index (κ2) is 8.77. The van der Waals surface area contributed by atoms with Crippen molar-refractivity contribution < 1.29 is 14.3 Å². The first-order valence-corrected chi connectivity index (χ1v) is 9.42. The summed E-state index contributed by atoms with van der Waals surface area (Å²) < 4.78 is 12.7. The first-order chi connectivity index (χ1) is 13.9. The fourth-order valence-electron chi connectivity index (χ4n) is 3.11. The lowest BCUT2D eigenvalue weighted by molar-refractivity contribution is 0.0767. The molecule has 0 saturated heterocycles. The van der Waals surface area contributed by atoms with Gasteiger partial charge in [0.1, 0.15) is 18.1 Å². The highest BCUT2D eigenvalue weighted by Gasteiger charge is 2.21. The third-order valence-corrected chi connectivity index (χ3v) is 4.63. The lowest BCUT2D eigenvalue weighted by atomic mass is 10.1. The Morgan fingerprint density at radius 1 is 1.07 bits per heavy atom. The molecular formula is C22H26N4O3. The summed E-state index contributed by atoms with van der Waals surface area (Å²) in [5, 5.41) is 8.24. The first-order valence-electron chi connectivity index (χ1n) is 9.42. The Morgan fingerprint density at radius 3 is 2.48 bits per heavy atom. The molecule has 0 unspecified atom stereocenters. The van der Waals surface area contributed by atoms with Gasteiger partial charge in [0.2, 0.25) is 0 Å². The van der Waals surface area contributed by atoms with Crippen molar-refractivity contribution in [2.24, 2.45) is 0 Å². The van der Waals surface area contributed by atoms with Crippen molar-refractivity contribution in [3.05, 3.63) is 65.0 Å². The van der Waals surface area contributed by atoms with Crippen LogP contribution in [0.2, 0.25) is 0 Å². The minimum absolute atomic E-state index is 0.194. The molecule has 0 fully saturated rings. The Labute approximate surface area is 170 Å². The van der Waals surface area contributed by atoms with Crippen LogP contribution in [0, 0.1) is 20.8 Å². The molecule has 0 aliphatic rings. The van der Waals surface area contributed by atoms with Gasteiger partial charge in [-0.25, -0.2) is 4.68 Å². The predicted octanol–water partition coefficient (Wildman–Crippen LogP) is 3.35. The number of aryl methyl sites for hydroxylation is 2. The summed E-state index contributed by atoms with van der Waals surface area (Å²) >= 11 is 0. The number of nitrogens with zero attached hydrogens (tertiary/aromatic N) is 4. The highest BCUT2D eigenvalue weighted by atomic mass is 16.5. The summed E-state index contributed by atoms with van der Waals surface area (Å²) in [7, 11) is 3.34. The van der Waals surface area contributed by atoms with Gasteiger partial charge in [-0.05, 0) is 56.2 Å². The molecule has 0 aliphatic heterocycles. The molecule has 0 bridgehead atoms. The summed E-state index contributed by atoms with van der Waals surface area (Å²) in [6.07, 6.45) is 0. The van der Waals surface area contributed by atoms with Crippen molar-refractivity contribution in [2.45, 2.75) is 20.8 Å². The van der Waals surface area contributed by atoms with Gasteiger partial charge in [0.25, 0.3) is 5.91 Å². The van der Waals surface area contributed by atoms with Crippen LogP contribution in [0.3, 0.4) is 0 Å². The summed E-state index contributed by atoms with van der Waals surface area (Å²) in [5.41, 5.74) is 4.07. The van der Waals surface area contributed by atoms with Gasteiger partial charge in [0.15, 0.2) is 5.69 Å². The molecule has 152 valence electrons. The number of amides is 1. The van der Waals surface area contributed by atoms with Gasteiger partial charge in [0.05, 0.1) is 25.0 Å². The molecule has 0 saturated carbocycles. The predicted molar refractivity (Wildman–Crippen MR) is 111 cm³/mol. The van der Waals surface area contributed by atoms with Crippen molar-refractivity contribution in [1.29, 1.82) is 0 Å². The number of methoxy groups -OCH3 is 1. The van der Waals surface area contributed by atoms with E-state index in [1.54, 1.807) is 23.7 Å². The van der Waals surface area contributed by atoms with Crippen molar-refractivity contribution in [3.63, 3.8) is 0 Å². The third kappa shape index (κ3) is 4.74. The first kappa shape index (κ1) is 20.4. The molecule has 3 aromatic rings. The van der Waals surface area contributed by atoms with E-state index in [1.807, 2.05) is 57.2 Å². The number of rotatable bonds is 7. The zero-order valence-corrected chi connectivity index (χ0v) is 17.5. The number of carbonyl (C=O) groups is 1. The van der Waals surface area contributed by atoms with Crippen LogP contribution in [-0.4, -0.2) is 53.1 Å². The Kier molecular flexibility index (Phi) is 6.16. The molecule has 2 aromatic carbocycles. The zero-order valence-electron chi connectivity index (χ0n) is 17.5. The number of likely N-dealkylation sites (N-methyl/N-ethyl adjacent to an activating group) is 1. The molecule has 0 radical (unpaired) electrons. The normalized spacial score (nSPS) is 10.7. The summed E-state index contributed by atoms with van der Waals surface area (Å²) in [6, 6.07) is 13.5. The lowest BCUT2D eigenvalue weighted by Gasteiger charge is -2.17. The molecule has 3 rings (SSSR count). The van der Waals surface area contributed by atoms with E-state index in [4.69, 9.17) is 9.47 Å². The summed E-state index contributed by atoms with van der Waals surface area (Å²) in [4.78, 5) is 14.4. The van der Waals surface area contributed by atoms with Crippen LogP contribution in [0.4, 0.5) is 0 Å². The number of benzene rings is 2. The quantitative estimate of drug-likeness (QED) is 0.615. The Bertz CT molecular complexity index is 993. The van der Waals surface area contributed by atoms with Crippen LogP contribution in [0.5, 0.6) is 11.5 Å². The maximum Gasteiger partial charge on any atom is 0.276 e. The van der Waals surface area contributed by atoms with E-state index < -0.39 is 0 Å². The molecule has 1 heterocycles. The van der Waals surface area contributed by atoms with Gasteiger partial charge in [-0.3, -0.25) is 4.79 Å². The van der Waals surface area contributed by atoms with Crippen LogP contribution >= 0.6 is 0 Å². The Morgan fingerprint density at radius 2 is 1.79 bits per heavy atom. The lowest BCUT2D eigenvalue weighted by Crippen LogP contribution is -2.31. The highest BCUT2D eigenvalue weighted by Crippen LogP contribution is 2.19. The maximum absolute atomic E-state index is 12.8. The monoisotopic (exact) mass is 394 g/mol. The van der Waals surface area contributed by atoms with Gasteiger partial charge in [-0.1, -0.05) is 17.3 Å². The standard InChI is InChI=1S/C22H26N4O3/c1-15-11-16(2)13-20(12-15)29-10-9-25(4)22(27)21-17(3)26(24-23-21)18-7-6-8-19(14-18)28-5/h6-8,11-14H,9-10H2,1-5H3. The number of hydrogen-bond donors (Lipinski definition) is 0. The third-order valence-electron chi connectivity index (χ3n) is 4.63. The SMILES string of the molecule is COc1cccc(-n2nnc(C(=O)N(C)CCOc3cc(C)cc(C)c3)c2C)c1. The molecular weight excluding hydrogens is 368 g/mol. The molecule has 0 spiro atoms. The van der Waals surface area contributed by atoms with E-state index >= 15 is 0 Å². The minimum Gasteiger partial charge on any atom is -0.497 e. The molecule has 7 nitrogen and oxygen atoms in total. The van der Waals surface area contributed by atoms with Gasteiger partial charge in [-0.15, -0.1) is 5.10 Å². The number of aromatic nitrogens is 3. The fourth-order valence-corrected chi connectivity index (χ4v) is 3.11. The minimum atomic E-state index is -0.194. The van der Waals surface area contributed by atoms with Gasteiger partial charge in [-0.2, -0.15) is 0 Å². The molecule has 1 aromatic heterocycles. The van der Waals surface area contributed by atoms with Crippen LogP contribution < -0.4 is 9.47 Å². The van der Waals surface area contributed by atoms with E-state index in [0.717, 1.165) is 22.6 Å². The number of ether oxygens (including phenoxy) is 2. The van der Waals surface area contributed by atoms with E-state index in [9.17, 15) is 4.79 Å². The Balaban J connectivity index is 1.66. The van der Waals surface area contributed by atoms with Gasteiger partial charge < -0.3 is 14.4 Å². The molecule has 29 heavy (non-hydrogen) atoms. The van der Waals surface area contributed by atoms with Crippen LogP contribution in [0.15, 0.2) is 42.5 Å². The van der Waals surface area contributed by atoms with Crippen molar-refractivity contribution >= 4 is 5.91 Å². The fraction of sp³-hybridized carbons (Fsp3) is 0.318. The van der Waals surface area contributed by atoms with E-state index in [1.165, 1.54) is 0 Å². The maximum atomic E-state index is 12.8. The average Bonchev–Trinajstić information content (AvgIpc) is 3.08. The van der Waals surface area contributed by atoms with E-state index in [2.05, 4.69) is 16.4 Å². The summed E-state index contributed by atoms with van der Waals surface area (Å²) in [6.45, 7) is 6.73. The molecule has 7 heteroatoms. The van der Waals surface area contributed by atoms with Crippen molar-refractivity contribution in [3.8, 4) is 17.2 Å². The second-order valence-electron chi connectivity index (χ2n) is 7.04. The smallest absolute Gasteiger partial charge is 0.276 e. The average molecular weight is 394 g/mol. The topological polar surface area (TPSA) is 69.5 Å². The van der Waals surface area contributed by atoms with Gasteiger partial charge >= 0.3 is 0 Å². The number of carbonyl (C=O) groups excluding carboxylic acids is 1. The van der Waals surface area contributed by atoms with E-state index in [-0.39, 0.29) is 5.91 Å². The molecule has 0 atom stereocenters. The van der Waals surface area contributed by atoms with Crippen LogP contribution in [0.1, 0.15) is 27.3 Å². The zero-order chi connectivity index (χ0) is 21.0. The van der Waals surface area contributed by atoms with E-state index in [0.29, 0.717) is 30.3 Å².